The number of hydrogen-bond acceptors (Lipinski definition) is 5. The Morgan fingerprint density at radius 1 is 0.617 bits per heavy atom. The third-order valence-electron chi connectivity index (χ3n) is 13.7. The summed E-state index contributed by atoms with van der Waals surface area (Å²) in [6.07, 6.45) is 32.9. The molecular weight excluding hydrogens is 749 g/mol. The quantitative estimate of drug-likeness (QED) is 0.163. The van der Waals surface area contributed by atoms with Crippen molar-refractivity contribution in [3.63, 3.8) is 0 Å². The van der Waals surface area contributed by atoms with E-state index in [2.05, 4.69) is 146 Å². The van der Waals surface area contributed by atoms with E-state index >= 15 is 0 Å². The summed E-state index contributed by atoms with van der Waals surface area (Å²) in [5.74, 6) is 1.60. The summed E-state index contributed by atoms with van der Waals surface area (Å²) in [5, 5.41) is 3.58. The number of benzene rings is 3. The van der Waals surface area contributed by atoms with Crippen molar-refractivity contribution in [3.8, 4) is 0 Å². The van der Waals surface area contributed by atoms with E-state index in [1.807, 2.05) is 11.8 Å². The minimum Gasteiger partial charge on any atom is -0.251 e. The molecule has 0 bridgehead atoms. The number of pyridine rings is 3. The maximum absolute atomic E-state index is 5.64. The van der Waals surface area contributed by atoms with Crippen LogP contribution in [0.3, 0.4) is 0 Å². The van der Waals surface area contributed by atoms with Crippen LogP contribution in [0.2, 0.25) is 0 Å². The zero-order valence-electron chi connectivity index (χ0n) is 33.3. The molecule has 0 spiro atoms. The minimum absolute atomic E-state index is 0.201. The third kappa shape index (κ3) is 5.81. The van der Waals surface area contributed by atoms with Crippen molar-refractivity contribution in [1.82, 2.24) is 15.0 Å². The fourth-order valence-electron chi connectivity index (χ4n) is 10.2. The molecule has 3 unspecified atom stereocenters. The fraction of sp³-hybridized carbons (Fsp3) is 0.200. The van der Waals surface area contributed by atoms with Gasteiger partial charge in [-0.1, -0.05) is 115 Å². The van der Waals surface area contributed by atoms with Crippen LogP contribution in [-0.2, 0) is 6.42 Å². The number of rotatable bonds is 5. The molecule has 3 aromatic heterocycles. The first-order chi connectivity index (χ1) is 29.7. The van der Waals surface area contributed by atoms with Crippen molar-refractivity contribution >= 4 is 78.2 Å². The lowest BCUT2D eigenvalue weighted by atomic mass is 9.80. The number of thioether (sulfide) groups is 1. The number of aromatic nitrogens is 3. The number of allylic oxidation sites excluding steroid dienone is 15. The summed E-state index contributed by atoms with van der Waals surface area (Å²) in [4.78, 5) is 23.1. The number of aliphatic imine (C=N–C) groups is 1. The summed E-state index contributed by atoms with van der Waals surface area (Å²) in [7, 11) is 0. The van der Waals surface area contributed by atoms with Gasteiger partial charge in [0.1, 0.15) is 0 Å². The lowest BCUT2D eigenvalue weighted by Crippen LogP contribution is -2.23. The maximum atomic E-state index is 5.64. The van der Waals surface area contributed by atoms with E-state index in [1.54, 1.807) is 0 Å². The normalized spacial score (nSPS) is 23.5. The Kier molecular flexibility index (Phi) is 7.91. The van der Waals surface area contributed by atoms with Crippen molar-refractivity contribution < 1.29 is 0 Å². The summed E-state index contributed by atoms with van der Waals surface area (Å²) < 4.78 is 0. The molecular formula is C55H42N4S. The van der Waals surface area contributed by atoms with Gasteiger partial charge in [0.2, 0.25) is 0 Å². The monoisotopic (exact) mass is 790 g/mol. The van der Waals surface area contributed by atoms with Crippen LogP contribution in [0.15, 0.2) is 161 Å². The third-order valence-corrected chi connectivity index (χ3v) is 15.1. The molecule has 5 aliphatic carbocycles. The molecule has 7 aliphatic rings. The lowest BCUT2D eigenvalue weighted by molar-refractivity contribution is 0.857. The molecule has 0 N–H and O–H groups in total. The van der Waals surface area contributed by atoms with Crippen LogP contribution in [0.25, 0.3) is 55.0 Å². The molecule has 0 saturated heterocycles. The summed E-state index contributed by atoms with van der Waals surface area (Å²) in [6.45, 7) is 0. The van der Waals surface area contributed by atoms with Gasteiger partial charge in [-0.3, -0.25) is 4.99 Å². The van der Waals surface area contributed by atoms with Crippen LogP contribution >= 0.6 is 11.8 Å². The van der Waals surface area contributed by atoms with Gasteiger partial charge in [0.25, 0.3) is 0 Å². The summed E-state index contributed by atoms with van der Waals surface area (Å²) in [5.41, 5.74) is 18.5. The highest BCUT2D eigenvalue weighted by atomic mass is 32.2. The Morgan fingerprint density at radius 3 is 2.17 bits per heavy atom. The molecule has 13 rings (SSSR count). The smallest absolute Gasteiger partial charge is 0.0972 e. The molecule has 4 atom stereocenters. The largest absolute Gasteiger partial charge is 0.251 e. The van der Waals surface area contributed by atoms with Gasteiger partial charge in [-0.15, -0.1) is 11.8 Å². The predicted octanol–water partition coefficient (Wildman–Crippen LogP) is 13.7. The second-order valence-electron chi connectivity index (χ2n) is 17.4. The number of aryl methyl sites for hydroxylation is 1. The second-order valence-corrected chi connectivity index (χ2v) is 18.6. The molecule has 5 heteroatoms. The van der Waals surface area contributed by atoms with E-state index in [0.29, 0.717) is 5.92 Å². The Hall–Kier alpha value is -6.17. The maximum Gasteiger partial charge on any atom is 0.0972 e. The van der Waals surface area contributed by atoms with Crippen LogP contribution in [-0.4, -0.2) is 25.9 Å². The first-order valence-electron chi connectivity index (χ1n) is 21.8. The zero-order valence-corrected chi connectivity index (χ0v) is 34.1. The van der Waals surface area contributed by atoms with Gasteiger partial charge in [0.05, 0.1) is 39.3 Å². The van der Waals surface area contributed by atoms with Crippen molar-refractivity contribution in [3.05, 3.63) is 185 Å². The van der Waals surface area contributed by atoms with Crippen molar-refractivity contribution in [2.75, 3.05) is 0 Å². The second kappa shape index (κ2) is 13.7. The first kappa shape index (κ1) is 34.7. The summed E-state index contributed by atoms with van der Waals surface area (Å²) in [6, 6.07) is 29.3. The molecule has 288 valence electrons. The Bertz CT molecular complexity index is 3180. The van der Waals surface area contributed by atoms with E-state index in [9.17, 15) is 0 Å². The fourth-order valence-corrected chi connectivity index (χ4v) is 11.8. The van der Waals surface area contributed by atoms with E-state index in [0.717, 1.165) is 105 Å². The molecule has 5 heterocycles. The van der Waals surface area contributed by atoms with Gasteiger partial charge in [0.15, 0.2) is 0 Å². The van der Waals surface area contributed by atoms with Crippen LogP contribution in [0, 0.1) is 11.8 Å². The Morgan fingerprint density at radius 2 is 1.38 bits per heavy atom. The zero-order chi connectivity index (χ0) is 39.3. The van der Waals surface area contributed by atoms with Crippen LogP contribution < -0.4 is 0 Å². The average molecular weight is 791 g/mol. The average Bonchev–Trinajstić information content (AvgIpc) is 4.01. The van der Waals surface area contributed by atoms with Gasteiger partial charge >= 0.3 is 0 Å². The van der Waals surface area contributed by atoms with E-state index in [1.165, 1.54) is 56.0 Å². The molecule has 6 aromatic rings. The molecule has 2 aliphatic heterocycles. The first-order valence-corrected chi connectivity index (χ1v) is 22.6. The molecule has 4 nitrogen and oxygen atoms in total. The highest BCUT2D eigenvalue weighted by Crippen LogP contribution is 2.54. The van der Waals surface area contributed by atoms with E-state index < -0.39 is 0 Å². The topological polar surface area (TPSA) is 51.0 Å². The lowest BCUT2D eigenvalue weighted by Gasteiger charge is -2.28. The van der Waals surface area contributed by atoms with E-state index in [-0.39, 0.29) is 11.2 Å². The van der Waals surface area contributed by atoms with Crippen LogP contribution in [0.4, 0.5) is 5.69 Å². The van der Waals surface area contributed by atoms with Gasteiger partial charge < -0.3 is 0 Å². The predicted molar refractivity (Wildman–Crippen MR) is 251 cm³/mol. The molecule has 60 heavy (non-hydrogen) atoms. The molecule has 1 saturated carbocycles. The van der Waals surface area contributed by atoms with Gasteiger partial charge in [-0.2, -0.15) is 0 Å². The van der Waals surface area contributed by atoms with Crippen molar-refractivity contribution in [2.45, 2.75) is 61.0 Å². The molecule has 0 amide bonds. The minimum atomic E-state index is 0.201. The van der Waals surface area contributed by atoms with Crippen molar-refractivity contribution in [2.24, 2.45) is 16.8 Å². The number of hydrogen-bond donors (Lipinski definition) is 0. The molecule has 0 radical (unpaired) electrons. The number of nitrogens with zero attached hydrogens (tertiary/aromatic N) is 4. The standard InChI is InChI=1S/C55H42N4S/c1-3-7-32(8-4-1)39-17-22-43-44-29-42(48-25-20-36-12-11-34-18-23-46(33-9-5-2-6-10-33)56-51(34)52(36)58-48)30-45(55(44)60-50(43)31-39)49-26-21-37-14-13-35-19-24-47(57-53(35)54(37)59-49)40-16-15-38-27-41(38)28-40/h1,3,5,7,9-20,22-25,28-31,38,41,44,55H,2,4,6,8,21,26-27H2/t38?,41-,44?,55?/m1/s1. The SMILES string of the molecule is C1=CCCC(c2ccc3c(c2)SC2C(C4=Nc5c(ccc6ccc(C7=C[C@H]8CC8C=C7)nc56)CC4)=CC(c4ccc5ccc6ccc(C7=CCCC=C7)nc6c5n4)=CC32)=C1. The highest BCUT2D eigenvalue weighted by molar-refractivity contribution is 8.00. The highest BCUT2D eigenvalue weighted by Gasteiger charge is 2.40. The summed E-state index contributed by atoms with van der Waals surface area (Å²) >= 11 is 2.02. The van der Waals surface area contributed by atoms with Crippen molar-refractivity contribution in [1.29, 1.82) is 0 Å². The number of fused-ring (bicyclic) bond motifs is 10. The van der Waals surface area contributed by atoms with Crippen LogP contribution in [0.5, 0.6) is 0 Å². The molecule has 3 aromatic carbocycles. The Labute approximate surface area is 354 Å². The molecule has 1 fully saturated rings. The van der Waals surface area contributed by atoms with E-state index in [4.69, 9.17) is 19.9 Å². The van der Waals surface area contributed by atoms with Gasteiger partial charge in [-0.25, -0.2) is 15.0 Å². The van der Waals surface area contributed by atoms with Gasteiger partial charge in [0, 0.05) is 37.9 Å². The Balaban J connectivity index is 0.953. The van der Waals surface area contributed by atoms with Gasteiger partial charge in [-0.05, 0) is 132 Å². The van der Waals surface area contributed by atoms with Crippen LogP contribution in [0.1, 0.15) is 78.2 Å².